The van der Waals surface area contributed by atoms with Gasteiger partial charge in [-0.2, -0.15) is 0 Å². The van der Waals surface area contributed by atoms with E-state index in [2.05, 4.69) is 5.32 Å². The van der Waals surface area contributed by atoms with Crippen molar-refractivity contribution in [2.45, 2.75) is 32.7 Å². The molecule has 108 valence electrons. The van der Waals surface area contributed by atoms with E-state index in [4.69, 9.17) is 0 Å². The average Bonchev–Trinajstić information content (AvgIpc) is 2.70. The van der Waals surface area contributed by atoms with Gasteiger partial charge in [0.25, 0.3) is 0 Å². The van der Waals surface area contributed by atoms with Gasteiger partial charge in [0.05, 0.1) is 5.92 Å². The van der Waals surface area contributed by atoms with Gasteiger partial charge in [0.15, 0.2) is 0 Å². The quantitative estimate of drug-likeness (QED) is 0.900. The number of nitrogens with one attached hydrogen (secondary N) is 1. The van der Waals surface area contributed by atoms with Crippen molar-refractivity contribution >= 4 is 17.5 Å². The number of rotatable bonds is 2. The highest BCUT2D eigenvalue weighted by atomic mass is 19.1. The molecule has 0 bridgehead atoms. The lowest BCUT2D eigenvalue weighted by Gasteiger charge is -2.23. The standard InChI is InChI=1S/C15H19FN2O2/c1-15(2,3)17-14(20)10-8-13(19)18(9-10)12-6-4-11(16)5-7-12/h4-7,10H,8-9H2,1-3H3,(H,17,20)/t10-/m1/s1. The molecule has 1 aromatic rings. The number of carbonyl (C=O) groups is 2. The van der Waals surface area contributed by atoms with Crippen LogP contribution in [-0.4, -0.2) is 23.9 Å². The van der Waals surface area contributed by atoms with Crippen molar-refractivity contribution in [3.8, 4) is 0 Å². The van der Waals surface area contributed by atoms with Crippen LogP contribution in [0, 0.1) is 11.7 Å². The highest BCUT2D eigenvalue weighted by molar-refractivity contribution is 6.00. The normalized spacial score (nSPS) is 19.3. The summed E-state index contributed by atoms with van der Waals surface area (Å²) in [7, 11) is 0. The number of halogens is 1. The monoisotopic (exact) mass is 278 g/mol. The largest absolute Gasteiger partial charge is 0.351 e. The molecule has 0 unspecified atom stereocenters. The van der Waals surface area contributed by atoms with E-state index in [0.717, 1.165) is 0 Å². The van der Waals surface area contributed by atoms with Gasteiger partial charge in [0.1, 0.15) is 5.82 Å². The van der Waals surface area contributed by atoms with Crippen LogP contribution in [0.5, 0.6) is 0 Å². The fraction of sp³-hybridized carbons (Fsp3) is 0.467. The minimum absolute atomic E-state index is 0.106. The minimum Gasteiger partial charge on any atom is -0.351 e. The molecular weight excluding hydrogens is 259 g/mol. The Morgan fingerprint density at radius 3 is 2.45 bits per heavy atom. The molecule has 20 heavy (non-hydrogen) atoms. The Morgan fingerprint density at radius 1 is 1.30 bits per heavy atom. The van der Waals surface area contributed by atoms with E-state index in [-0.39, 0.29) is 35.5 Å². The molecule has 1 fully saturated rings. The highest BCUT2D eigenvalue weighted by Crippen LogP contribution is 2.25. The van der Waals surface area contributed by atoms with Crippen molar-refractivity contribution in [2.24, 2.45) is 5.92 Å². The second-order valence-corrected chi connectivity index (χ2v) is 6.12. The van der Waals surface area contributed by atoms with Crippen LogP contribution >= 0.6 is 0 Å². The molecule has 0 saturated carbocycles. The Hall–Kier alpha value is -1.91. The van der Waals surface area contributed by atoms with Crippen LogP contribution in [0.2, 0.25) is 0 Å². The zero-order valence-corrected chi connectivity index (χ0v) is 11.9. The Kier molecular flexibility index (Phi) is 3.79. The molecule has 1 N–H and O–H groups in total. The first kappa shape index (κ1) is 14.5. The molecule has 1 saturated heterocycles. The van der Waals surface area contributed by atoms with Gasteiger partial charge in [0.2, 0.25) is 11.8 Å². The summed E-state index contributed by atoms with van der Waals surface area (Å²) in [5, 5.41) is 2.88. The lowest BCUT2D eigenvalue weighted by molar-refractivity contribution is -0.127. The van der Waals surface area contributed by atoms with Crippen molar-refractivity contribution in [3.05, 3.63) is 30.1 Å². The summed E-state index contributed by atoms with van der Waals surface area (Å²) in [6.07, 6.45) is 0.194. The molecule has 1 aromatic carbocycles. The van der Waals surface area contributed by atoms with Crippen LogP contribution in [0.25, 0.3) is 0 Å². The SMILES string of the molecule is CC(C)(C)NC(=O)[C@@H]1CC(=O)N(c2ccc(F)cc2)C1. The Balaban J connectivity index is 2.07. The van der Waals surface area contributed by atoms with Gasteiger partial charge in [-0.15, -0.1) is 0 Å². The summed E-state index contributed by atoms with van der Waals surface area (Å²) in [6, 6.07) is 5.73. The van der Waals surface area contributed by atoms with Gasteiger partial charge in [-0.1, -0.05) is 0 Å². The van der Waals surface area contributed by atoms with Gasteiger partial charge in [-0.3, -0.25) is 9.59 Å². The molecule has 0 aromatic heterocycles. The first-order valence-electron chi connectivity index (χ1n) is 6.64. The highest BCUT2D eigenvalue weighted by Gasteiger charge is 2.36. The molecular formula is C15H19FN2O2. The van der Waals surface area contributed by atoms with E-state index in [1.54, 1.807) is 12.1 Å². The number of hydrogen-bond donors (Lipinski definition) is 1. The molecule has 0 aliphatic carbocycles. The van der Waals surface area contributed by atoms with Gasteiger partial charge >= 0.3 is 0 Å². The maximum Gasteiger partial charge on any atom is 0.227 e. The first-order valence-corrected chi connectivity index (χ1v) is 6.64. The minimum atomic E-state index is -0.355. The predicted octanol–water partition coefficient (Wildman–Crippen LogP) is 2.09. The molecule has 5 heteroatoms. The number of anilines is 1. The molecule has 0 radical (unpaired) electrons. The van der Waals surface area contributed by atoms with Crippen LogP contribution in [0.3, 0.4) is 0 Å². The number of nitrogens with zero attached hydrogens (tertiary/aromatic N) is 1. The van der Waals surface area contributed by atoms with Crippen molar-refractivity contribution in [3.63, 3.8) is 0 Å². The van der Waals surface area contributed by atoms with Crippen LogP contribution < -0.4 is 10.2 Å². The van der Waals surface area contributed by atoms with Crippen molar-refractivity contribution in [1.82, 2.24) is 5.32 Å². The van der Waals surface area contributed by atoms with Crippen LogP contribution in [0.1, 0.15) is 27.2 Å². The average molecular weight is 278 g/mol. The van der Waals surface area contributed by atoms with E-state index in [1.165, 1.54) is 17.0 Å². The number of carbonyl (C=O) groups excluding carboxylic acids is 2. The molecule has 1 aliphatic rings. The van der Waals surface area contributed by atoms with Gasteiger partial charge in [-0.25, -0.2) is 4.39 Å². The maximum atomic E-state index is 12.9. The smallest absolute Gasteiger partial charge is 0.227 e. The summed E-state index contributed by atoms with van der Waals surface area (Å²) in [6.45, 7) is 6.05. The third-order valence-electron chi connectivity index (χ3n) is 3.13. The summed E-state index contributed by atoms with van der Waals surface area (Å²) >= 11 is 0. The van der Waals surface area contributed by atoms with Crippen LogP contribution in [0.4, 0.5) is 10.1 Å². The van der Waals surface area contributed by atoms with Crippen LogP contribution in [0.15, 0.2) is 24.3 Å². The van der Waals surface area contributed by atoms with E-state index in [9.17, 15) is 14.0 Å². The maximum absolute atomic E-state index is 12.9. The summed E-state index contributed by atoms with van der Waals surface area (Å²) in [5.41, 5.74) is 0.311. The molecule has 2 rings (SSSR count). The zero-order valence-electron chi connectivity index (χ0n) is 11.9. The molecule has 4 nitrogen and oxygen atoms in total. The zero-order chi connectivity index (χ0) is 14.9. The Labute approximate surface area is 118 Å². The van der Waals surface area contributed by atoms with E-state index in [1.807, 2.05) is 20.8 Å². The van der Waals surface area contributed by atoms with Crippen molar-refractivity contribution in [1.29, 1.82) is 0 Å². The molecule has 0 spiro atoms. The second-order valence-electron chi connectivity index (χ2n) is 6.12. The van der Waals surface area contributed by atoms with Gasteiger partial charge < -0.3 is 10.2 Å². The van der Waals surface area contributed by atoms with E-state index in [0.29, 0.717) is 12.2 Å². The molecule has 2 amide bonds. The lowest BCUT2D eigenvalue weighted by atomic mass is 10.0. The van der Waals surface area contributed by atoms with Crippen molar-refractivity contribution < 1.29 is 14.0 Å². The Morgan fingerprint density at radius 2 is 1.90 bits per heavy atom. The predicted molar refractivity (Wildman–Crippen MR) is 74.8 cm³/mol. The first-order chi connectivity index (χ1) is 9.26. The summed E-state index contributed by atoms with van der Waals surface area (Å²) in [4.78, 5) is 25.6. The molecule has 1 aliphatic heterocycles. The topological polar surface area (TPSA) is 49.4 Å². The second kappa shape index (κ2) is 5.23. The Bertz CT molecular complexity index is 520. The van der Waals surface area contributed by atoms with Crippen molar-refractivity contribution in [2.75, 3.05) is 11.4 Å². The van der Waals surface area contributed by atoms with Gasteiger partial charge in [-0.05, 0) is 45.0 Å². The summed E-state index contributed by atoms with van der Waals surface area (Å²) < 4.78 is 12.9. The third-order valence-corrected chi connectivity index (χ3v) is 3.13. The number of hydrogen-bond acceptors (Lipinski definition) is 2. The summed E-state index contributed by atoms with van der Waals surface area (Å²) in [5.74, 6) is -0.921. The van der Waals surface area contributed by atoms with Crippen LogP contribution in [-0.2, 0) is 9.59 Å². The lowest BCUT2D eigenvalue weighted by Crippen LogP contribution is -2.44. The van der Waals surface area contributed by atoms with E-state index < -0.39 is 0 Å². The number of benzene rings is 1. The van der Waals surface area contributed by atoms with Gasteiger partial charge in [0, 0.05) is 24.2 Å². The molecule has 1 heterocycles. The van der Waals surface area contributed by atoms with E-state index >= 15 is 0 Å². The number of amides is 2. The fourth-order valence-corrected chi connectivity index (χ4v) is 2.23. The molecule has 1 atom stereocenters. The fourth-order valence-electron chi connectivity index (χ4n) is 2.23. The third kappa shape index (κ3) is 3.35.